The van der Waals surface area contributed by atoms with Crippen molar-refractivity contribution >= 4 is 11.8 Å². The van der Waals surface area contributed by atoms with Gasteiger partial charge in [0.25, 0.3) is 0 Å². The van der Waals surface area contributed by atoms with E-state index < -0.39 is 17.8 Å². The molecule has 134 valence electrons. The molecule has 0 fully saturated rings. The van der Waals surface area contributed by atoms with Gasteiger partial charge in [0, 0.05) is 5.56 Å². The molecule has 0 unspecified atom stereocenters. The summed E-state index contributed by atoms with van der Waals surface area (Å²) in [6.45, 7) is 1.27. The molecule has 0 aliphatic carbocycles. The third-order valence-corrected chi connectivity index (χ3v) is 3.39. The summed E-state index contributed by atoms with van der Waals surface area (Å²) < 4.78 is 49.1. The smallest absolute Gasteiger partial charge is 0.438 e. The van der Waals surface area contributed by atoms with Crippen molar-refractivity contribution in [3.63, 3.8) is 0 Å². The van der Waals surface area contributed by atoms with Crippen LogP contribution in [0.25, 0.3) is 0 Å². The van der Waals surface area contributed by atoms with E-state index in [9.17, 15) is 23.2 Å². The van der Waals surface area contributed by atoms with Crippen LogP contribution in [0.4, 0.5) is 23.7 Å². The van der Waals surface area contributed by atoms with Gasteiger partial charge in [-0.25, -0.2) is 4.79 Å². The molecule has 2 aromatic rings. The van der Waals surface area contributed by atoms with Crippen molar-refractivity contribution in [2.75, 3.05) is 12.2 Å². The van der Waals surface area contributed by atoms with Crippen LogP contribution in [0.15, 0.2) is 42.5 Å². The van der Waals surface area contributed by atoms with E-state index in [1.807, 2.05) is 0 Å². The summed E-state index contributed by atoms with van der Waals surface area (Å²) in [6, 6.07) is 9.82. The normalized spacial score (nSPS) is 11.1. The molecular formula is C17H16F3NO4. The molecule has 0 heterocycles. The summed E-state index contributed by atoms with van der Waals surface area (Å²) in [5.41, 5.74) is -0.0785. The van der Waals surface area contributed by atoms with Crippen LogP contribution < -0.4 is 9.80 Å². The van der Waals surface area contributed by atoms with Crippen molar-refractivity contribution in [1.29, 1.82) is 0 Å². The minimum Gasteiger partial charge on any atom is -0.488 e. The summed E-state index contributed by atoms with van der Waals surface area (Å²) >= 11 is 0. The summed E-state index contributed by atoms with van der Waals surface area (Å²) in [7, 11) is 1.09. The van der Waals surface area contributed by atoms with E-state index in [1.54, 1.807) is 19.1 Å². The molecule has 0 aliphatic rings. The first-order valence-corrected chi connectivity index (χ1v) is 7.19. The van der Waals surface area contributed by atoms with Crippen molar-refractivity contribution in [3.8, 4) is 5.75 Å². The molecule has 0 saturated carbocycles. The largest absolute Gasteiger partial charge is 0.488 e. The van der Waals surface area contributed by atoms with Gasteiger partial charge >= 0.3 is 12.3 Å². The van der Waals surface area contributed by atoms with Gasteiger partial charge in [-0.2, -0.15) is 18.2 Å². The highest BCUT2D eigenvalue weighted by Gasteiger charge is 2.34. The molecule has 25 heavy (non-hydrogen) atoms. The SMILES string of the molecule is COC(=O)N(O)c1ccccc1COc1ccc(C)cc1C(F)(F)F. The van der Waals surface area contributed by atoms with Crippen LogP contribution in [0, 0.1) is 6.92 Å². The molecule has 0 aliphatic heterocycles. The Balaban J connectivity index is 2.28. The van der Waals surface area contributed by atoms with Crippen LogP contribution in [-0.4, -0.2) is 18.4 Å². The minimum absolute atomic E-state index is 0.0509. The fourth-order valence-corrected chi connectivity index (χ4v) is 2.17. The molecule has 2 rings (SSSR count). The van der Waals surface area contributed by atoms with Gasteiger partial charge in [-0.3, -0.25) is 5.21 Å². The average molecular weight is 355 g/mol. The predicted molar refractivity (Wildman–Crippen MR) is 83.6 cm³/mol. The lowest BCUT2D eigenvalue weighted by Gasteiger charge is -2.19. The number of halogens is 3. The maximum Gasteiger partial charge on any atom is 0.438 e. The number of rotatable bonds is 4. The van der Waals surface area contributed by atoms with Crippen LogP contribution in [0.5, 0.6) is 5.75 Å². The Bertz CT molecular complexity index is 762. The lowest BCUT2D eigenvalue weighted by atomic mass is 10.1. The van der Waals surface area contributed by atoms with E-state index in [0.29, 0.717) is 11.1 Å². The van der Waals surface area contributed by atoms with Gasteiger partial charge in [-0.05, 0) is 25.1 Å². The number of carbonyl (C=O) groups is 1. The fourth-order valence-electron chi connectivity index (χ4n) is 2.17. The standard InChI is InChI=1S/C17H16F3NO4/c1-11-7-8-15(13(9-11)17(18,19)20)25-10-12-5-3-4-6-14(12)21(23)16(22)24-2/h3-9,23H,10H2,1-2H3. The van der Waals surface area contributed by atoms with Crippen LogP contribution in [0.3, 0.4) is 0 Å². The van der Waals surface area contributed by atoms with Crippen molar-refractivity contribution < 1.29 is 32.6 Å². The Morgan fingerprint density at radius 2 is 1.88 bits per heavy atom. The van der Waals surface area contributed by atoms with Crippen molar-refractivity contribution in [3.05, 3.63) is 59.2 Å². The third kappa shape index (κ3) is 4.42. The number of ether oxygens (including phenoxy) is 2. The fraction of sp³-hybridized carbons (Fsp3) is 0.235. The van der Waals surface area contributed by atoms with Crippen LogP contribution in [0.1, 0.15) is 16.7 Å². The molecule has 1 amide bonds. The summed E-state index contributed by atoms with van der Waals surface area (Å²) in [4.78, 5) is 11.4. The molecule has 0 spiro atoms. The maximum absolute atomic E-state index is 13.1. The van der Waals surface area contributed by atoms with Gasteiger partial charge in [0.05, 0.1) is 18.4 Å². The highest BCUT2D eigenvalue weighted by atomic mass is 19.4. The zero-order valence-corrected chi connectivity index (χ0v) is 13.5. The summed E-state index contributed by atoms with van der Waals surface area (Å²) in [6.07, 6.45) is -5.59. The Hall–Kier alpha value is -2.74. The van der Waals surface area contributed by atoms with E-state index in [-0.39, 0.29) is 23.1 Å². The Morgan fingerprint density at radius 3 is 2.52 bits per heavy atom. The Labute approximate surface area is 142 Å². The van der Waals surface area contributed by atoms with Crippen LogP contribution in [-0.2, 0) is 17.5 Å². The first-order chi connectivity index (χ1) is 11.7. The van der Waals surface area contributed by atoms with Crippen molar-refractivity contribution in [1.82, 2.24) is 0 Å². The minimum atomic E-state index is -4.56. The highest BCUT2D eigenvalue weighted by molar-refractivity contribution is 5.85. The number of hydrogen-bond donors (Lipinski definition) is 1. The zero-order chi connectivity index (χ0) is 18.6. The number of para-hydroxylation sites is 1. The number of nitrogens with zero attached hydrogens (tertiary/aromatic N) is 1. The molecule has 2 aromatic carbocycles. The number of carbonyl (C=O) groups excluding carboxylic acids is 1. The molecule has 0 bridgehead atoms. The number of anilines is 1. The van der Waals surface area contributed by atoms with E-state index >= 15 is 0 Å². The number of aryl methyl sites for hydroxylation is 1. The quantitative estimate of drug-likeness (QED) is 0.645. The first kappa shape index (κ1) is 18.6. The van der Waals surface area contributed by atoms with E-state index in [0.717, 1.165) is 13.2 Å². The Kier molecular flexibility index (Phi) is 5.53. The molecule has 5 nitrogen and oxygen atoms in total. The van der Waals surface area contributed by atoms with E-state index in [2.05, 4.69) is 4.74 Å². The first-order valence-electron chi connectivity index (χ1n) is 7.19. The number of hydrogen-bond acceptors (Lipinski definition) is 4. The second kappa shape index (κ2) is 7.43. The topological polar surface area (TPSA) is 59.0 Å². The van der Waals surface area contributed by atoms with E-state index in [4.69, 9.17) is 4.74 Å². The lowest BCUT2D eigenvalue weighted by molar-refractivity contribution is -0.139. The van der Waals surface area contributed by atoms with E-state index in [1.165, 1.54) is 24.3 Å². The van der Waals surface area contributed by atoms with Crippen molar-refractivity contribution in [2.24, 2.45) is 0 Å². The second-order valence-electron chi connectivity index (χ2n) is 5.20. The summed E-state index contributed by atoms with van der Waals surface area (Å²) in [5, 5.41) is 10.1. The summed E-state index contributed by atoms with van der Waals surface area (Å²) in [5.74, 6) is -0.338. The second-order valence-corrected chi connectivity index (χ2v) is 5.20. The van der Waals surface area contributed by atoms with Gasteiger partial charge in [-0.1, -0.05) is 29.8 Å². The monoisotopic (exact) mass is 355 g/mol. The highest BCUT2D eigenvalue weighted by Crippen LogP contribution is 2.37. The molecular weight excluding hydrogens is 339 g/mol. The van der Waals surface area contributed by atoms with Gasteiger partial charge in [0.2, 0.25) is 0 Å². The van der Waals surface area contributed by atoms with Gasteiger partial charge in [0.1, 0.15) is 12.4 Å². The maximum atomic E-state index is 13.1. The lowest BCUT2D eigenvalue weighted by Crippen LogP contribution is -2.27. The Morgan fingerprint density at radius 1 is 1.20 bits per heavy atom. The predicted octanol–water partition coefficient (Wildman–Crippen LogP) is 4.55. The molecule has 8 heteroatoms. The van der Waals surface area contributed by atoms with Crippen LogP contribution in [0.2, 0.25) is 0 Å². The van der Waals surface area contributed by atoms with Gasteiger partial charge in [-0.15, -0.1) is 0 Å². The van der Waals surface area contributed by atoms with Gasteiger partial charge in [0.15, 0.2) is 0 Å². The van der Waals surface area contributed by atoms with Gasteiger partial charge < -0.3 is 9.47 Å². The number of benzene rings is 2. The number of alkyl halides is 3. The number of amides is 1. The number of methoxy groups -OCH3 is 1. The third-order valence-electron chi connectivity index (χ3n) is 3.39. The molecule has 0 aromatic heterocycles. The molecule has 0 saturated heterocycles. The zero-order valence-electron chi connectivity index (χ0n) is 13.5. The molecule has 0 atom stereocenters. The average Bonchev–Trinajstić information content (AvgIpc) is 2.58. The van der Waals surface area contributed by atoms with Crippen LogP contribution >= 0.6 is 0 Å². The molecule has 0 radical (unpaired) electrons. The number of hydroxylamine groups is 1. The van der Waals surface area contributed by atoms with Crippen molar-refractivity contribution in [2.45, 2.75) is 19.7 Å². The molecule has 1 N–H and O–H groups in total.